The Morgan fingerprint density at radius 1 is 1.21 bits per heavy atom. The molecule has 1 fully saturated rings. The third kappa shape index (κ3) is 4.22. The van der Waals surface area contributed by atoms with Gasteiger partial charge in [0.1, 0.15) is 24.0 Å². The van der Waals surface area contributed by atoms with E-state index in [0.717, 1.165) is 24.5 Å². The van der Waals surface area contributed by atoms with Crippen molar-refractivity contribution in [3.8, 4) is 0 Å². The molecule has 0 spiro atoms. The molecule has 6 nitrogen and oxygen atoms in total. The molecule has 0 saturated carbocycles. The molecule has 2 aromatic rings. The molecule has 6 heteroatoms. The van der Waals surface area contributed by atoms with Crippen LogP contribution in [0.15, 0.2) is 42.7 Å². The number of nitrogens with one attached hydrogen (secondary N) is 2. The molecule has 0 bridgehead atoms. The lowest BCUT2D eigenvalue weighted by Gasteiger charge is -2.18. The lowest BCUT2D eigenvalue weighted by Crippen LogP contribution is -2.37. The molecule has 0 radical (unpaired) electrons. The first-order chi connectivity index (χ1) is 11.7. The molecule has 2 heterocycles. The van der Waals surface area contributed by atoms with Crippen LogP contribution in [0.5, 0.6) is 0 Å². The van der Waals surface area contributed by atoms with Crippen LogP contribution in [0.3, 0.4) is 0 Å². The van der Waals surface area contributed by atoms with Gasteiger partial charge in [-0.2, -0.15) is 0 Å². The van der Waals surface area contributed by atoms with Crippen LogP contribution in [-0.2, 0) is 11.3 Å². The summed E-state index contributed by atoms with van der Waals surface area (Å²) in [7, 11) is 0. The normalized spacial score (nSPS) is 15.1. The molecule has 1 amide bonds. The lowest BCUT2D eigenvalue weighted by molar-refractivity contribution is -0.121. The fourth-order valence-corrected chi connectivity index (χ4v) is 2.77. The molecule has 2 N–H and O–H groups in total. The van der Waals surface area contributed by atoms with Crippen molar-refractivity contribution in [2.45, 2.75) is 32.4 Å². The van der Waals surface area contributed by atoms with Gasteiger partial charge < -0.3 is 15.5 Å². The van der Waals surface area contributed by atoms with Gasteiger partial charge in [-0.15, -0.1) is 0 Å². The minimum Gasteiger partial charge on any atom is -0.358 e. The van der Waals surface area contributed by atoms with Gasteiger partial charge in [0.25, 0.3) is 0 Å². The van der Waals surface area contributed by atoms with E-state index in [0.29, 0.717) is 12.4 Å². The van der Waals surface area contributed by atoms with E-state index in [1.807, 2.05) is 43.3 Å². The highest BCUT2D eigenvalue weighted by molar-refractivity contribution is 5.83. The zero-order chi connectivity index (χ0) is 16.8. The summed E-state index contributed by atoms with van der Waals surface area (Å²) in [4.78, 5) is 23.0. The third-order valence-electron chi connectivity index (χ3n) is 4.15. The largest absolute Gasteiger partial charge is 0.358 e. The van der Waals surface area contributed by atoms with E-state index in [1.165, 1.54) is 12.8 Å². The number of aromatic nitrogens is 2. The number of anilines is 2. The van der Waals surface area contributed by atoms with E-state index < -0.39 is 0 Å². The van der Waals surface area contributed by atoms with Gasteiger partial charge in [-0.05, 0) is 25.3 Å². The molecule has 0 aliphatic carbocycles. The van der Waals surface area contributed by atoms with E-state index in [4.69, 9.17) is 0 Å². The molecule has 1 unspecified atom stereocenters. The van der Waals surface area contributed by atoms with Crippen molar-refractivity contribution in [3.63, 3.8) is 0 Å². The topological polar surface area (TPSA) is 70.1 Å². The molecule has 1 atom stereocenters. The van der Waals surface area contributed by atoms with Gasteiger partial charge in [-0.3, -0.25) is 4.79 Å². The fraction of sp³-hybridized carbons (Fsp3) is 0.389. The maximum atomic E-state index is 12.2. The first-order valence-electron chi connectivity index (χ1n) is 8.37. The Hall–Kier alpha value is -2.63. The highest BCUT2D eigenvalue weighted by Gasteiger charge is 2.16. The standard InChI is InChI=1S/C18H23N5O/c1-14(18(24)19-12-15-7-3-2-4-8-15)22-16-11-17(21-13-20-16)23-9-5-6-10-23/h2-4,7-8,11,13-14H,5-6,9-10,12H2,1H3,(H,19,24)(H,20,21,22). The number of hydrogen-bond donors (Lipinski definition) is 2. The Morgan fingerprint density at radius 3 is 2.71 bits per heavy atom. The van der Waals surface area contributed by atoms with Crippen molar-refractivity contribution in [3.05, 3.63) is 48.3 Å². The van der Waals surface area contributed by atoms with Crippen molar-refractivity contribution < 1.29 is 4.79 Å². The summed E-state index contributed by atoms with van der Waals surface area (Å²) in [5.74, 6) is 1.54. The van der Waals surface area contributed by atoms with Crippen LogP contribution in [-0.4, -0.2) is 35.0 Å². The molecule has 1 aliphatic rings. The second-order valence-electron chi connectivity index (χ2n) is 6.03. The van der Waals surface area contributed by atoms with Crippen molar-refractivity contribution in [2.75, 3.05) is 23.3 Å². The van der Waals surface area contributed by atoms with E-state index >= 15 is 0 Å². The number of benzene rings is 1. The highest BCUT2D eigenvalue weighted by atomic mass is 16.2. The molecule has 126 valence electrons. The Kier molecular flexibility index (Phi) is 5.25. The van der Waals surface area contributed by atoms with Crippen molar-refractivity contribution in [1.82, 2.24) is 15.3 Å². The Labute approximate surface area is 142 Å². The van der Waals surface area contributed by atoms with Crippen LogP contribution in [0.1, 0.15) is 25.3 Å². The minimum atomic E-state index is -0.366. The van der Waals surface area contributed by atoms with Crippen LogP contribution >= 0.6 is 0 Å². The molecule has 1 saturated heterocycles. The average Bonchev–Trinajstić information content (AvgIpc) is 3.15. The average molecular weight is 325 g/mol. The maximum absolute atomic E-state index is 12.2. The van der Waals surface area contributed by atoms with Crippen LogP contribution in [0.4, 0.5) is 11.6 Å². The quantitative estimate of drug-likeness (QED) is 0.852. The Balaban J connectivity index is 1.54. The predicted molar refractivity (Wildman–Crippen MR) is 94.9 cm³/mol. The second kappa shape index (κ2) is 7.77. The van der Waals surface area contributed by atoms with Crippen LogP contribution in [0, 0.1) is 0 Å². The zero-order valence-electron chi connectivity index (χ0n) is 13.9. The van der Waals surface area contributed by atoms with E-state index in [-0.39, 0.29) is 11.9 Å². The summed E-state index contributed by atoms with van der Waals surface area (Å²) >= 11 is 0. The number of nitrogens with zero attached hydrogens (tertiary/aromatic N) is 3. The predicted octanol–water partition coefficient (Wildman–Crippen LogP) is 2.19. The van der Waals surface area contributed by atoms with Gasteiger partial charge in [-0.25, -0.2) is 9.97 Å². The molecule has 3 rings (SSSR count). The summed E-state index contributed by atoms with van der Waals surface area (Å²) in [6, 6.07) is 11.4. The maximum Gasteiger partial charge on any atom is 0.242 e. The third-order valence-corrected chi connectivity index (χ3v) is 4.15. The van der Waals surface area contributed by atoms with Crippen LogP contribution in [0.2, 0.25) is 0 Å². The molecule has 24 heavy (non-hydrogen) atoms. The first kappa shape index (κ1) is 16.2. The van der Waals surface area contributed by atoms with E-state index in [1.54, 1.807) is 6.33 Å². The summed E-state index contributed by atoms with van der Waals surface area (Å²) in [5.41, 5.74) is 1.08. The Morgan fingerprint density at radius 2 is 1.96 bits per heavy atom. The Bertz CT molecular complexity index is 670. The van der Waals surface area contributed by atoms with Gasteiger partial charge in [0, 0.05) is 25.7 Å². The molecular formula is C18H23N5O. The SMILES string of the molecule is CC(Nc1cc(N2CCCC2)ncn1)C(=O)NCc1ccccc1. The summed E-state index contributed by atoms with van der Waals surface area (Å²) in [6.07, 6.45) is 3.95. The van der Waals surface area contributed by atoms with Crippen molar-refractivity contribution >= 4 is 17.5 Å². The van der Waals surface area contributed by atoms with Crippen LogP contribution in [0.25, 0.3) is 0 Å². The van der Waals surface area contributed by atoms with Gasteiger partial charge >= 0.3 is 0 Å². The van der Waals surface area contributed by atoms with Crippen molar-refractivity contribution in [2.24, 2.45) is 0 Å². The highest BCUT2D eigenvalue weighted by Crippen LogP contribution is 2.19. The summed E-state index contributed by atoms with van der Waals surface area (Å²) in [6.45, 7) is 4.42. The minimum absolute atomic E-state index is 0.0554. The van der Waals surface area contributed by atoms with Gasteiger partial charge in [0.2, 0.25) is 5.91 Å². The van der Waals surface area contributed by atoms with Crippen LogP contribution < -0.4 is 15.5 Å². The molecule has 1 aromatic heterocycles. The number of rotatable bonds is 6. The zero-order valence-corrected chi connectivity index (χ0v) is 13.9. The van der Waals surface area contributed by atoms with E-state index in [9.17, 15) is 4.79 Å². The first-order valence-corrected chi connectivity index (χ1v) is 8.37. The molecule has 1 aromatic carbocycles. The van der Waals surface area contributed by atoms with Crippen molar-refractivity contribution in [1.29, 1.82) is 0 Å². The second-order valence-corrected chi connectivity index (χ2v) is 6.03. The lowest BCUT2D eigenvalue weighted by atomic mass is 10.2. The van der Waals surface area contributed by atoms with E-state index in [2.05, 4.69) is 25.5 Å². The number of carbonyl (C=O) groups is 1. The van der Waals surface area contributed by atoms with Gasteiger partial charge in [0.15, 0.2) is 0 Å². The monoisotopic (exact) mass is 325 g/mol. The molecule has 1 aliphatic heterocycles. The smallest absolute Gasteiger partial charge is 0.242 e. The fourth-order valence-electron chi connectivity index (χ4n) is 2.77. The number of hydrogen-bond acceptors (Lipinski definition) is 5. The van der Waals surface area contributed by atoms with Gasteiger partial charge in [-0.1, -0.05) is 30.3 Å². The summed E-state index contributed by atoms with van der Waals surface area (Å²) in [5, 5.41) is 6.09. The molecular weight excluding hydrogens is 302 g/mol. The number of carbonyl (C=O) groups excluding carboxylic acids is 1. The number of amides is 1. The summed E-state index contributed by atoms with van der Waals surface area (Å²) < 4.78 is 0. The van der Waals surface area contributed by atoms with Gasteiger partial charge in [0.05, 0.1) is 0 Å².